The summed E-state index contributed by atoms with van der Waals surface area (Å²) in [6, 6.07) is 10.9. The molecule has 0 unspecified atom stereocenters. The molecule has 7 heteroatoms. The average Bonchev–Trinajstić information content (AvgIpc) is 3.36. The third kappa shape index (κ3) is 4.99. The number of aryl methyl sites for hydroxylation is 1. The van der Waals surface area contributed by atoms with Crippen LogP contribution in [0.3, 0.4) is 0 Å². The molecule has 4 rings (SSSR count). The minimum atomic E-state index is -0.212. The van der Waals surface area contributed by atoms with Gasteiger partial charge in [-0.25, -0.2) is 4.39 Å². The van der Waals surface area contributed by atoms with E-state index in [4.69, 9.17) is 0 Å². The number of hydrogen-bond donors (Lipinski definition) is 0. The lowest BCUT2D eigenvalue weighted by atomic mass is 10.2. The van der Waals surface area contributed by atoms with Crippen molar-refractivity contribution in [1.82, 2.24) is 19.6 Å². The van der Waals surface area contributed by atoms with Crippen molar-refractivity contribution < 1.29 is 9.18 Å². The molecular formula is C22H23FN4OS. The van der Waals surface area contributed by atoms with Gasteiger partial charge in [0.2, 0.25) is 5.91 Å². The summed E-state index contributed by atoms with van der Waals surface area (Å²) in [6.07, 6.45) is 7.04. The summed E-state index contributed by atoms with van der Waals surface area (Å²) in [6.45, 7) is 3.99. The topological polar surface area (TPSA) is 41.4 Å². The first-order valence-corrected chi connectivity index (χ1v) is 10.4. The lowest BCUT2D eigenvalue weighted by Crippen LogP contribution is -2.47. The van der Waals surface area contributed by atoms with Crippen molar-refractivity contribution in [2.24, 2.45) is 7.05 Å². The first-order valence-electron chi connectivity index (χ1n) is 9.59. The maximum Gasteiger partial charge on any atom is 0.246 e. The normalized spacial score (nSPS) is 15.3. The van der Waals surface area contributed by atoms with Gasteiger partial charge in [-0.05, 0) is 35.9 Å². The zero-order valence-electron chi connectivity index (χ0n) is 16.3. The summed E-state index contributed by atoms with van der Waals surface area (Å²) in [5.74, 6) is -0.172. The quantitative estimate of drug-likeness (QED) is 0.603. The van der Waals surface area contributed by atoms with E-state index in [1.165, 1.54) is 10.9 Å². The standard InChI is InChI=1S/C22H23FN4OS/c1-25-15-17(14-24-25)5-8-22(28)27-11-9-26(10-12-27)16-20-6-7-21(29-20)18-3-2-4-19(23)13-18/h2-8,13-15H,9-12,16H2,1H3. The Kier molecular flexibility index (Phi) is 5.87. The molecule has 1 aromatic carbocycles. The number of hydrogen-bond acceptors (Lipinski definition) is 4. The molecule has 1 aliphatic rings. The molecule has 2 aromatic heterocycles. The number of thiophene rings is 1. The monoisotopic (exact) mass is 410 g/mol. The summed E-state index contributed by atoms with van der Waals surface area (Å²) in [4.78, 5) is 19.0. The number of benzene rings is 1. The highest BCUT2D eigenvalue weighted by atomic mass is 32.1. The summed E-state index contributed by atoms with van der Waals surface area (Å²) in [5, 5.41) is 4.10. The number of carbonyl (C=O) groups excluding carboxylic acids is 1. The minimum Gasteiger partial charge on any atom is -0.337 e. The van der Waals surface area contributed by atoms with Crippen molar-refractivity contribution in [3.05, 3.63) is 71.1 Å². The van der Waals surface area contributed by atoms with Gasteiger partial charge >= 0.3 is 0 Å². The third-order valence-corrected chi connectivity index (χ3v) is 6.10. The van der Waals surface area contributed by atoms with Crippen LogP contribution in [-0.2, 0) is 18.4 Å². The molecular weight excluding hydrogens is 387 g/mol. The average molecular weight is 411 g/mol. The molecule has 5 nitrogen and oxygen atoms in total. The van der Waals surface area contributed by atoms with Crippen LogP contribution in [-0.4, -0.2) is 51.7 Å². The molecule has 0 saturated carbocycles. The molecule has 3 heterocycles. The molecule has 0 atom stereocenters. The zero-order chi connectivity index (χ0) is 20.2. The van der Waals surface area contributed by atoms with Gasteiger partial charge in [-0.15, -0.1) is 11.3 Å². The van der Waals surface area contributed by atoms with E-state index in [0.29, 0.717) is 0 Å². The van der Waals surface area contributed by atoms with Crippen molar-refractivity contribution >= 4 is 23.3 Å². The molecule has 1 fully saturated rings. The second-order valence-electron chi connectivity index (χ2n) is 7.16. The Morgan fingerprint density at radius 2 is 2.03 bits per heavy atom. The van der Waals surface area contributed by atoms with E-state index in [2.05, 4.69) is 22.1 Å². The number of halogens is 1. The summed E-state index contributed by atoms with van der Waals surface area (Å²) in [5.41, 5.74) is 1.84. The van der Waals surface area contributed by atoms with Crippen LogP contribution < -0.4 is 0 Å². The predicted octanol–water partition coefficient (Wildman–Crippen LogP) is 3.65. The lowest BCUT2D eigenvalue weighted by Gasteiger charge is -2.34. The summed E-state index contributed by atoms with van der Waals surface area (Å²) >= 11 is 1.70. The minimum absolute atomic E-state index is 0.0398. The molecule has 29 heavy (non-hydrogen) atoms. The van der Waals surface area contributed by atoms with E-state index >= 15 is 0 Å². The van der Waals surface area contributed by atoms with Crippen molar-refractivity contribution in [3.63, 3.8) is 0 Å². The Bertz CT molecular complexity index is 1020. The highest BCUT2D eigenvalue weighted by Crippen LogP contribution is 2.29. The lowest BCUT2D eigenvalue weighted by molar-refractivity contribution is -0.127. The number of rotatable bonds is 5. The summed E-state index contributed by atoms with van der Waals surface area (Å²) in [7, 11) is 1.85. The molecule has 150 valence electrons. The van der Waals surface area contributed by atoms with Gasteiger partial charge in [-0.2, -0.15) is 5.10 Å². The summed E-state index contributed by atoms with van der Waals surface area (Å²) < 4.78 is 15.2. The largest absolute Gasteiger partial charge is 0.337 e. The first kappa shape index (κ1) is 19.5. The van der Waals surface area contributed by atoms with E-state index in [1.54, 1.807) is 46.5 Å². The highest BCUT2D eigenvalue weighted by molar-refractivity contribution is 7.15. The molecule has 0 bridgehead atoms. The van der Waals surface area contributed by atoms with Crippen LogP contribution in [0.2, 0.25) is 0 Å². The smallest absolute Gasteiger partial charge is 0.246 e. The van der Waals surface area contributed by atoms with Crippen LogP contribution in [0.25, 0.3) is 16.5 Å². The molecule has 0 spiro atoms. The van der Waals surface area contributed by atoms with E-state index in [9.17, 15) is 9.18 Å². The van der Waals surface area contributed by atoms with Gasteiger partial charge in [0.1, 0.15) is 5.82 Å². The Morgan fingerprint density at radius 1 is 1.21 bits per heavy atom. The van der Waals surface area contributed by atoms with Crippen LogP contribution in [0, 0.1) is 5.82 Å². The fourth-order valence-electron chi connectivity index (χ4n) is 3.41. The fourth-order valence-corrected chi connectivity index (χ4v) is 4.45. The Labute approximate surface area is 173 Å². The maximum atomic E-state index is 13.4. The molecule has 0 N–H and O–H groups in total. The van der Waals surface area contributed by atoms with Gasteiger partial charge in [0, 0.05) is 67.4 Å². The molecule has 1 aliphatic heterocycles. The van der Waals surface area contributed by atoms with E-state index in [0.717, 1.165) is 48.7 Å². The van der Waals surface area contributed by atoms with Crippen LogP contribution in [0.1, 0.15) is 10.4 Å². The van der Waals surface area contributed by atoms with Crippen molar-refractivity contribution in [2.45, 2.75) is 6.54 Å². The van der Waals surface area contributed by atoms with Crippen LogP contribution >= 0.6 is 11.3 Å². The second-order valence-corrected chi connectivity index (χ2v) is 8.33. The molecule has 0 radical (unpaired) electrons. The van der Waals surface area contributed by atoms with Gasteiger partial charge in [-0.3, -0.25) is 14.4 Å². The van der Waals surface area contributed by atoms with Crippen LogP contribution in [0.5, 0.6) is 0 Å². The zero-order valence-corrected chi connectivity index (χ0v) is 17.1. The number of carbonyl (C=O) groups is 1. The number of amides is 1. The number of piperazine rings is 1. The maximum absolute atomic E-state index is 13.4. The van der Waals surface area contributed by atoms with Crippen molar-refractivity contribution in [2.75, 3.05) is 26.2 Å². The molecule has 1 amide bonds. The number of nitrogens with zero attached hydrogens (tertiary/aromatic N) is 4. The highest BCUT2D eigenvalue weighted by Gasteiger charge is 2.20. The van der Waals surface area contributed by atoms with Gasteiger partial charge in [0.25, 0.3) is 0 Å². The molecule has 3 aromatic rings. The third-order valence-electron chi connectivity index (χ3n) is 4.98. The van der Waals surface area contributed by atoms with Gasteiger partial charge in [0.15, 0.2) is 0 Å². The SMILES string of the molecule is Cn1cc(C=CC(=O)N2CCN(Cc3ccc(-c4cccc(F)c4)s3)CC2)cn1. The van der Waals surface area contributed by atoms with Gasteiger partial charge in [-0.1, -0.05) is 12.1 Å². The van der Waals surface area contributed by atoms with Gasteiger partial charge in [0.05, 0.1) is 6.20 Å². The van der Waals surface area contributed by atoms with Crippen molar-refractivity contribution in [1.29, 1.82) is 0 Å². The van der Waals surface area contributed by atoms with Crippen molar-refractivity contribution in [3.8, 4) is 10.4 Å². The predicted molar refractivity (Wildman–Crippen MR) is 114 cm³/mol. The Hall–Kier alpha value is -2.77. The van der Waals surface area contributed by atoms with E-state index in [1.807, 2.05) is 24.2 Å². The first-order chi connectivity index (χ1) is 14.1. The van der Waals surface area contributed by atoms with Crippen LogP contribution in [0.4, 0.5) is 4.39 Å². The Morgan fingerprint density at radius 3 is 2.76 bits per heavy atom. The fraction of sp³-hybridized carbons (Fsp3) is 0.273. The Balaban J connectivity index is 1.29. The van der Waals surface area contributed by atoms with Crippen LogP contribution in [0.15, 0.2) is 54.9 Å². The second kappa shape index (κ2) is 8.71. The molecule has 0 aliphatic carbocycles. The van der Waals surface area contributed by atoms with Gasteiger partial charge < -0.3 is 4.90 Å². The van der Waals surface area contributed by atoms with E-state index in [-0.39, 0.29) is 11.7 Å². The molecule has 1 saturated heterocycles. The number of aromatic nitrogens is 2. The van der Waals surface area contributed by atoms with E-state index < -0.39 is 0 Å².